The Balaban J connectivity index is 2.07. The number of carboxylic acid groups (broad SMARTS) is 1. The molecule has 2 N–H and O–H groups in total. The summed E-state index contributed by atoms with van der Waals surface area (Å²) < 4.78 is 0. The van der Waals surface area contributed by atoms with Gasteiger partial charge < -0.3 is 10.2 Å². The monoisotopic (exact) mass is 266 g/mol. The number of non-ortho nitro benzene ring substituents is 1. The molecule has 1 aliphatic rings. The van der Waals surface area contributed by atoms with Gasteiger partial charge in [-0.25, -0.2) is 0 Å². The van der Waals surface area contributed by atoms with Crippen LogP contribution in [0.15, 0.2) is 24.3 Å². The number of carboxylic acids is 1. The summed E-state index contributed by atoms with van der Waals surface area (Å²) in [6, 6.07) is 5.27. The number of aliphatic hydroxyl groups excluding tert-OH is 1. The van der Waals surface area contributed by atoms with E-state index in [1.165, 1.54) is 12.1 Å². The molecule has 7 heteroatoms. The first-order valence-corrected chi connectivity index (χ1v) is 5.85. The Morgan fingerprint density at radius 1 is 1.42 bits per heavy atom. The molecule has 1 aromatic carbocycles. The number of β-amino-alcohol motifs (C(OH)–C–C–N with tert-alkyl or cyclic N) is 1. The third-order valence-electron chi connectivity index (χ3n) is 3.20. The molecule has 1 aliphatic heterocycles. The number of rotatable bonds is 4. The number of benzene rings is 1. The molecule has 2 atom stereocenters. The highest BCUT2D eigenvalue weighted by Gasteiger charge is 2.35. The van der Waals surface area contributed by atoms with Gasteiger partial charge in [0.15, 0.2) is 0 Å². The second kappa shape index (κ2) is 5.33. The van der Waals surface area contributed by atoms with Crippen LogP contribution in [0.25, 0.3) is 0 Å². The molecule has 1 saturated heterocycles. The quantitative estimate of drug-likeness (QED) is 0.611. The fourth-order valence-corrected chi connectivity index (χ4v) is 2.27. The molecule has 0 amide bonds. The molecule has 2 rings (SSSR count). The minimum Gasteiger partial charge on any atom is -0.480 e. The number of likely N-dealkylation sites (tertiary alicyclic amines) is 1. The summed E-state index contributed by atoms with van der Waals surface area (Å²) >= 11 is 0. The van der Waals surface area contributed by atoms with Crippen molar-refractivity contribution in [2.45, 2.75) is 25.1 Å². The zero-order valence-electron chi connectivity index (χ0n) is 10.1. The van der Waals surface area contributed by atoms with Crippen LogP contribution in [0.3, 0.4) is 0 Å². The molecule has 0 saturated carbocycles. The van der Waals surface area contributed by atoms with Gasteiger partial charge in [0, 0.05) is 31.6 Å². The van der Waals surface area contributed by atoms with Gasteiger partial charge in [0.1, 0.15) is 6.04 Å². The predicted molar refractivity (Wildman–Crippen MR) is 65.6 cm³/mol. The molecule has 1 aromatic rings. The maximum Gasteiger partial charge on any atom is 0.321 e. The van der Waals surface area contributed by atoms with Crippen LogP contribution in [0.2, 0.25) is 0 Å². The van der Waals surface area contributed by atoms with Gasteiger partial charge in [0.25, 0.3) is 5.69 Å². The first-order chi connectivity index (χ1) is 8.97. The highest BCUT2D eigenvalue weighted by atomic mass is 16.6. The van der Waals surface area contributed by atoms with Gasteiger partial charge in [-0.15, -0.1) is 0 Å². The average molecular weight is 266 g/mol. The summed E-state index contributed by atoms with van der Waals surface area (Å²) in [6.45, 7) is 0.653. The lowest BCUT2D eigenvalue weighted by atomic mass is 10.1. The number of aliphatic hydroxyl groups is 1. The average Bonchev–Trinajstić information content (AvgIpc) is 2.71. The van der Waals surface area contributed by atoms with E-state index in [1.54, 1.807) is 17.0 Å². The van der Waals surface area contributed by atoms with Gasteiger partial charge in [-0.3, -0.25) is 19.8 Å². The van der Waals surface area contributed by atoms with Crippen LogP contribution in [0.4, 0.5) is 5.69 Å². The van der Waals surface area contributed by atoms with E-state index >= 15 is 0 Å². The van der Waals surface area contributed by atoms with Crippen LogP contribution in [-0.4, -0.2) is 44.7 Å². The molecule has 19 heavy (non-hydrogen) atoms. The van der Waals surface area contributed by atoms with E-state index in [1.807, 2.05) is 0 Å². The fourth-order valence-electron chi connectivity index (χ4n) is 2.27. The number of aliphatic carboxylic acids is 1. The Hall–Kier alpha value is -1.99. The summed E-state index contributed by atoms with van der Waals surface area (Å²) in [5.41, 5.74) is 0.783. The molecular formula is C12H14N2O5. The van der Waals surface area contributed by atoms with Crippen LogP contribution in [-0.2, 0) is 11.3 Å². The Kier molecular flexibility index (Phi) is 3.77. The second-order valence-electron chi connectivity index (χ2n) is 4.60. The van der Waals surface area contributed by atoms with Gasteiger partial charge >= 0.3 is 5.97 Å². The number of nitrogens with zero attached hydrogens (tertiary/aromatic N) is 2. The topological polar surface area (TPSA) is 104 Å². The largest absolute Gasteiger partial charge is 0.480 e. The van der Waals surface area contributed by atoms with Crippen molar-refractivity contribution in [2.24, 2.45) is 0 Å². The molecular weight excluding hydrogens is 252 g/mol. The van der Waals surface area contributed by atoms with Crippen LogP contribution in [0.1, 0.15) is 12.0 Å². The Bertz CT molecular complexity index is 487. The predicted octanol–water partition coefficient (Wildman–Crippen LogP) is 0.615. The van der Waals surface area contributed by atoms with Crippen LogP contribution in [0.5, 0.6) is 0 Å². The van der Waals surface area contributed by atoms with Gasteiger partial charge in [-0.1, -0.05) is 12.1 Å². The SMILES string of the molecule is O=C(O)C1CC(O)CN1Cc1ccc([N+](=O)[O-])cc1. The molecule has 0 spiro atoms. The molecule has 0 radical (unpaired) electrons. The lowest BCUT2D eigenvalue weighted by Crippen LogP contribution is -2.35. The molecule has 0 bridgehead atoms. The minimum absolute atomic E-state index is 0.00000811. The van der Waals surface area contributed by atoms with E-state index in [2.05, 4.69) is 0 Å². The standard InChI is InChI=1S/C12H14N2O5/c15-10-5-11(12(16)17)13(7-10)6-8-1-3-9(4-2-8)14(18)19/h1-4,10-11,15H,5-7H2,(H,16,17). The number of nitro groups is 1. The molecule has 7 nitrogen and oxygen atoms in total. The van der Waals surface area contributed by atoms with E-state index in [4.69, 9.17) is 5.11 Å². The van der Waals surface area contributed by atoms with E-state index in [0.29, 0.717) is 13.1 Å². The normalized spacial score (nSPS) is 23.4. The molecule has 1 fully saturated rings. The number of nitro benzene ring substituents is 1. The lowest BCUT2D eigenvalue weighted by Gasteiger charge is -2.20. The second-order valence-corrected chi connectivity index (χ2v) is 4.60. The van der Waals surface area contributed by atoms with Gasteiger partial charge in [0.05, 0.1) is 11.0 Å². The van der Waals surface area contributed by atoms with Gasteiger partial charge in [0.2, 0.25) is 0 Å². The van der Waals surface area contributed by atoms with Crippen molar-refractivity contribution in [3.05, 3.63) is 39.9 Å². The van der Waals surface area contributed by atoms with Crippen LogP contribution >= 0.6 is 0 Å². The van der Waals surface area contributed by atoms with Crippen molar-refractivity contribution in [3.8, 4) is 0 Å². The van der Waals surface area contributed by atoms with E-state index in [9.17, 15) is 20.0 Å². The van der Waals surface area contributed by atoms with E-state index in [-0.39, 0.29) is 12.1 Å². The Labute approximate surface area is 109 Å². The van der Waals surface area contributed by atoms with E-state index < -0.39 is 23.0 Å². The third-order valence-corrected chi connectivity index (χ3v) is 3.20. The fraction of sp³-hybridized carbons (Fsp3) is 0.417. The first-order valence-electron chi connectivity index (χ1n) is 5.85. The van der Waals surface area contributed by atoms with Crippen molar-refractivity contribution in [2.75, 3.05) is 6.54 Å². The molecule has 1 heterocycles. The summed E-state index contributed by atoms with van der Waals surface area (Å²) in [6.07, 6.45) is -0.429. The number of carbonyl (C=O) groups is 1. The highest BCUT2D eigenvalue weighted by Crippen LogP contribution is 2.21. The summed E-state index contributed by atoms with van der Waals surface area (Å²) in [7, 11) is 0. The van der Waals surface area contributed by atoms with Crippen molar-refractivity contribution in [1.82, 2.24) is 4.90 Å². The molecule has 2 unspecified atom stereocenters. The van der Waals surface area contributed by atoms with E-state index in [0.717, 1.165) is 5.56 Å². The maximum absolute atomic E-state index is 11.0. The number of hydrogen-bond donors (Lipinski definition) is 2. The molecule has 0 aromatic heterocycles. The zero-order valence-corrected chi connectivity index (χ0v) is 10.1. The maximum atomic E-state index is 11.0. The Morgan fingerprint density at radius 3 is 2.58 bits per heavy atom. The van der Waals surface area contributed by atoms with Crippen LogP contribution in [0, 0.1) is 10.1 Å². The van der Waals surface area contributed by atoms with Crippen LogP contribution < -0.4 is 0 Å². The van der Waals surface area contributed by atoms with Crippen molar-refractivity contribution in [3.63, 3.8) is 0 Å². The summed E-state index contributed by atoms with van der Waals surface area (Å²) in [5, 5.41) is 29.1. The number of hydrogen-bond acceptors (Lipinski definition) is 5. The van der Waals surface area contributed by atoms with Crippen molar-refractivity contribution in [1.29, 1.82) is 0 Å². The Morgan fingerprint density at radius 2 is 2.05 bits per heavy atom. The first kappa shape index (κ1) is 13.4. The van der Waals surface area contributed by atoms with Gasteiger partial charge in [-0.05, 0) is 5.56 Å². The summed E-state index contributed by atoms with van der Waals surface area (Å²) in [4.78, 5) is 22.8. The zero-order chi connectivity index (χ0) is 14.0. The summed E-state index contributed by atoms with van der Waals surface area (Å²) in [5.74, 6) is -0.960. The minimum atomic E-state index is -0.960. The highest BCUT2D eigenvalue weighted by molar-refractivity contribution is 5.74. The smallest absolute Gasteiger partial charge is 0.321 e. The van der Waals surface area contributed by atoms with Crippen molar-refractivity contribution < 1.29 is 19.9 Å². The molecule has 0 aliphatic carbocycles. The van der Waals surface area contributed by atoms with Gasteiger partial charge in [-0.2, -0.15) is 0 Å². The lowest BCUT2D eigenvalue weighted by molar-refractivity contribution is -0.384. The molecule has 102 valence electrons. The third kappa shape index (κ3) is 3.07. The van der Waals surface area contributed by atoms with Crippen molar-refractivity contribution >= 4 is 11.7 Å².